The Morgan fingerprint density at radius 1 is 1.67 bits per heavy atom. The fourth-order valence-corrected chi connectivity index (χ4v) is 1.84. The highest BCUT2D eigenvalue weighted by Gasteiger charge is 2.48. The summed E-state index contributed by atoms with van der Waals surface area (Å²) in [7, 11) is 0. The molecule has 9 heavy (non-hydrogen) atoms. The normalized spacial score (nSPS) is 46.4. The van der Waals surface area contributed by atoms with Crippen LogP contribution in [0.2, 0.25) is 0 Å². The van der Waals surface area contributed by atoms with Gasteiger partial charge in [0.05, 0.1) is 0 Å². The highest BCUT2D eigenvalue weighted by Crippen LogP contribution is 2.35. The van der Waals surface area contributed by atoms with Crippen molar-refractivity contribution in [1.82, 2.24) is 4.90 Å². The lowest BCUT2D eigenvalue weighted by molar-refractivity contribution is -0.148. The highest BCUT2D eigenvalue weighted by molar-refractivity contribution is 5.75. The van der Waals surface area contributed by atoms with Crippen LogP contribution < -0.4 is 0 Å². The number of aliphatic carboxylic acids is 1. The van der Waals surface area contributed by atoms with Crippen molar-refractivity contribution < 1.29 is 9.90 Å². The Bertz CT molecular complexity index is 143. The fourth-order valence-electron chi connectivity index (χ4n) is 1.84. The minimum atomic E-state index is -0.635. The van der Waals surface area contributed by atoms with Gasteiger partial charge in [-0.1, -0.05) is 0 Å². The maximum atomic E-state index is 10.4. The molecule has 0 amide bonds. The first-order chi connectivity index (χ1) is 4.29. The van der Waals surface area contributed by atoms with Gasteiger partial charge >= 0.3 is 5.97 Å². The van der Waals surface area contributed by atoms with Crippen LogP contribution in [0.1, 0.15) is 6.42 Å². The molecule has 0 aromatic rings. The molecule has 3 atom stereocenters. The summed E-state index contributed by atoms with van der Waals surface area (Å²) in [6, 6.07) is -0.120. The first kappa shape index (κ1) is 5.23. The predicted molar refractivity (Wildman–Crippen MR) is 31.1 cm³/mol. The molecule has 1 N–H and O–H groups in total. The molecule has 0 radical (unpaired) electrons. The quantitative estimate of drug-likeness (QED) is 0.529. The number of hydrogen-bond acceptors (Lipinski definition) is 2. The van der Waals surface area contributed by atoms with Gasteiger partial charge in [0, 0.05) is 6.54 Å². The second-order valence-electron chi connectivity index (χ2n) is 2.83. The molecule has 3 saturated heterocycles. The first-order valence-electron chi connectivity index (χ1n) is 3.26. The topological polar surface area (TPSA) is 40.5 Å². The summed E-state index contributed by atoms with van der Waals surface area (Å²) in [5.74, 6) is -0.161. The van der Waals surface area contributed by atoms with E-state index in [-0.39, 0.29) is 6.04 Å². The van der Waals surface area contributed by atoms with Gasteiger partial charge in [-0.15, -0.1) is 0 Å². The molecule has 0 saturated carbocycles. The molecule has 3 aliphatic heterocycles. The molecule has 50 valence electrons. The smallest absolute Gasteiger partial charge is 0.321 e. The molecule has 3 heterocycles. The molecule has 3 fully saturated rings. The highest BCUT2D eigenvalue weighted by atomic mass is 16.4. The second-order valence-corrected chi connectivity index (χ2v) is 2.83. The summed E-state index contributed by atoms with van der Waals surface area (Å²) < 4.78 is 0. The van der Waals surface area contributed by atoms with Gasteiger partial charge in [0.15, 0.2) is 0 Å². The third-order valence-electron chi connectivity index (χ3n) is 2.35. The summed E-state index contributed by atoms with van der Waals surface area (Å²) in [5, 5.41) is 8.57. The van der Waals surface area contributed by atoms with Crippen LogP contribution in [0.25, 0.3) is 0 Å². The summed E-state index contributed by atoms with van der Waals surface area (Å²) in [5.41, 5.74) is 0. The van der Waals surface area contributed by atoms with Crippen molar-refractivity contribution in [2.24, 2.45) is 5.92 Å². The van der Waals surface area contributed by atoms with Gasteiger partial charge in [0.25, 0.3) is 0 Å². The van der Waals surface area contributed by atoms with E-state index < -0.39 is 5.97 Å². The van der Waals surface area contributed by atoms with Crippen molar-refractivity contribution in [2.45, 2.75) is 12.5 Å². The van der Waals surface area contributed by atoms with E-state index in [1.807, 2.05) is 4.90 Å². The summed E-state index contributed by atoms with van der Waals surface area (Å²) in [4.78, 5) is 12.4. The molecule has 3 nitrogen and oxygen atoms in total. The van der Waals surface area contributed by atoms with Gasteiger partial charge in [-0.05, 0) is 18.9 Å². The van der Waals surface area contributed by atoms with Crippen LogP contribution in [-0.4, -0.2) is 35.1 Å². The summed E-state index contributed by atoms with van der Waals surface area (Å²) >= 11 is 0. The van der Waals surface area contributed by atoms with Gasteiger partial charge in [-0.25, -0.2) is 0 Å². The fraction of sp³-hybridized carbons (Fsp3) is 0.833. The summed E-state index contributed by atoms with van der Waals surface area (Å²) in [6.07, 6.45) is 1.09. The molecule has 2 bridgehead atoms. The van der Waals surface area contributed by atoms with Crippen molar-refractivity contribution in [1.29, 1.82) is 0 Å². The van der Waals surface area contributed by atoms with Gasteiger partial charge < -0.3 is 5.11 Å². The minimum absolute atomic E-state index is 0.120. The third-order valence-corrected chi connectivity index (χ3v) is 2.35. The molecule has 0 aromatic carbocycles. The van der Waals surface area contributed by atoms with E-state index in [0.29, 0.717) is 5.92 Å². The van der Waals surface area contributed by atoms with Crippen LogP contribution in [0.4, 0.5) is 0 Å². The number of rotatable bonds is 1. The van der Waals surface area contributed by atoms with E-state index >= 15 is 0 Å². The Kier molecular flexibility index (Phi) is 0.858. The van der Waals surface area contributed by atoms with E-state index in [1.54, 1.807) is 0 Å². The summed E-state index contributed by atoms with van der Waals surface area (Å²) in [6.45, 7) is 2.03. The second kappa shape index (κ2) is 1.48. The Labute approximate surface area is 53.3 Å². The number of nitrogens with zero attached hydrogens (tertiary/aromatic N) is 1. The lowest BCUT2D eigenvalue weighted by atomic mass is 9.94. The largest absolute Gasteiger partial charge is 0.480 e. The van der Waals surface area contributed by atoms with Crippen molar-refractivity contribution in [3.63, 3.8) is 0 Å². The zero-order valence-electron chi connectivity index (χ0n) is 5.08. The molecule has 3 rings (SSSR count). The number of fused-ring (bicyclic) bond motifs is 1. The van der Waals surface area contributed by atoms with Crippen LogP contribution in [0.5, 0.6) is 0 Å². The van der Waals surface area contributed by atoms with E-state index in [1.165, 1.54) is 0 Å². The lowest BCUT2D eigenvalue weighted by Crippen LogP contribution is -2.52. The maximum absolute atomic E-state index is 10.4. The zero-order chi connectivity index (χ0) is 6.43. The van der Waals surface area contributed by atoms with E-state index in [9.17, 15) is 4.79 Å². The monoisotopic (exact) mass is 127 g/mol. The van der Waals surface area contributed by atoms with Crippen LogP contribution in [0.3, 0.4) is 0 Å². The van der Waals surface area contributed by atoms with E-state index in [0.717, 1.165) is 19.5 Å². The molecule has 0 aliphatic carbocycles. The molecule has 0 spiro atoms. The Balaban J connectivity index is 2.10. The number of carboxylic acid groups (broad SMARTS) is 1. The average molecular weight is 127 g/mol. The Morgan fingerprint density at radius 3 is 2.67 bits per heavy atom. The SMILES string of the molecule is O=C(O)C1C2CCN1C2. The van der Waals surface area contributed by atoms with E-state index in [4.69, 9.17) is 5.11 Å². The van der Waals surface area contributed by atoms with Crippen LogP contribution in [-0.2, 0) is 4.79 Å². The molecular formula is C6H9NO2. The Morgan fingerprint density at radius 2 is 2.44 bits per heavy atom. The van der Waals surface area contributed by atoms with Crippen LogP contribution >= 0.6 is 0 Å². The molecule has 3 unspecified atom stereocenters. The van der Waals surface area contributed by atoms with Crippen molar-refractivity contribution in [2.75, 3.05) is 13.1 Å². The molecular weight excluding hydrogens is 118 g/mol. The number of carbonyl (C=O) groups is 1. The lowest BCUT2D eigenvalue weighted by Gasteiger charge is -2.35. The number of carboxylic acids is 1. The predicted octanol–water partition coefficient (Wildman–Crippen LogP) is -0.225. The van der Waals surface area contributed by atoms with Crippen LogP contribution in [0, 0.1) is 5.92 Å². The Hall–Kier alpha value is -0.570. The van der Waals surface area contributed by atoms with E-state index in [2.05, 4.69) is 0 Å². The number of hydrogen-bond donors (Lipinski definition) is 1. The van der Waals surface area contributed by atoms with Crippen molar-refractivity contribution in [3.8, 4) is 0 Å². The van der Waals surface area contributed by atoms with Gasteiger partial charge in [0.2, 0.25) is 0 Å². The zero-order valence-corrected chi connectivity index (χ0v) is 5.08. The van der Waals surface area contributed by atoms with Crippen LogP contribution in [0.15, 0.2) is 0 Å². The van der Waals surface area contributed by atoms with Gasteiger partial charge in [-0.3, -0.25) is 9.69 Å². The van der Waals surface area contributed by atoms with Gasteiger partial charge in [-0.2, -0.15) is 0 Å². The minimum Gasteiger partial charge on any atom is -0.480 e. The standard InChI is InChI=1S/C6H9NO2/c8-6(9)5-4-1-2-7(5)3-4/h4-5H,1-3H2,(H,8,9). The average Bonchev–Trinajstić information content (AvgIpc) is 2.13. The van der Waals surface area contributed by atoms with Crippen molar-refractivity contribution >= 4 is 5.97 Å². The first-order valence-corrected chi connectivity index (χ1v) is 3.26. The molecule has 0 aromatic heterocycles. The third kappa shape index (κ3) is 0.525. The van der Waals surface area contributed by atoms with Gasteiger partial charge in [0.1, 0.15) is 6.04 Å². The maximum Gasteiger partial charge on any atom is 0.321 e. The molecule has 3 aliphatic rings. The molecule has 3 heteroatoms. The van der Waals surface area contributed by atoms with Crippen molar-refractivity contribution in [3.05, 3.63) is 0 Å².